The number of methoxy groups -OCH3 is 1. The zero-order chi connectivity index (χ0) is 20.1. The number of non-ortho nitro benzene ring substituents is 1. The predicted molar refractivity (Wildman–Crippen MR) is 101 cm³/mol. The first-order valence-electron chi connectivity index (χ1n) is 8.48. The summed E-state index contributed by atoms with van der Waals surface area (Å²) in [7, 11) is 1.29. The fourth-order valence-corrected chi connectivity index (χ4v) is 2.72. The molecule has 1 N–H and O–H groups in total. The standard InChI is InChI=1S/C20H22N2O5/c1-12(2)18(20(24)27-4)21-19(23)17-10-7-15(11-13(17)3)14-5-8-16(9-6-14)22(25)26/h5-12,18H,1-4H3,(H,21,23)/t18-/m0/s1. The Labute approximate surface area is 157 Å². The summed E-state index contributed by atoms with van der Waals surface area (Å²) in [6, 6.07) is 10.8. The predicted octanol–water partition coefficient (Wildman–Crippen LogP) is 3.50. The van der Waals surface area contributed by atoms with Crippen LogP contribution in [-0.2, 0) is 9.53 Å². The molecule has 27 heavy (non-hydrogen) atoms. The number of nitro groups is 1. The van der Waals surface area contributed by atoms with E-state index in [-0.39, 0.29) is 17.5 Å². The van der Waals surface area contributed by atoms with Crippen LogP contribution in [0.1, 0.15) is 29.8 Å². The maximum Gasteiger partial charge on any atom is 0.328 e. The third-order valence-electron chi connectivity index (χ3n) is 4.29. The normalized spacial score (nSPS) is 11.7. The summed E-state index contributed by atoms with van der Waals surface area (Å²) < 4.78 is 4.74. The number of nitrogens with zero attached hydrogens (tertiary/aromatic N) is 1. The first-order valence-corrected chi connectivity index (χ1v) is 8.48. The van der Waals surface area contributed by atoms with E-state index < -0.39 is 16.9 Å². The first kappa shape index (κ1) is 20.1. The van der Waals surface area contributed by atoms with Gasteiger partial charge in [-0.25, -0.2) is 4.79 Å². The summed E-state index contributed by atoms with van der Waals surface area (Å²) in [4.78, 5) is 34.7. The second-order valence-corrected chi connectivity index (χ2v) is 6.55. The molecular formula is C20H22N2O5. The minimum atomic E-state index is -0.726. The van der Waals surface area contributed by atoms with E-state index in [1.165, 1.54) is 19.2 Å². The smallest absolute Gasteiger partial charge is 0.328 e. The van der Waals surface area contributed by atoms with E-state index in [0.29, 0.717) is 5.56 Å². The molecule has 0 unspecified atom stereocenters. The molecule has 0 aliphatic heterocycles. The molecule has 0 radical (unpaired) electrons. The van der Waals surface area contributed by atoms with Crippen LogP contribution in [0.3, 0.4) is 0 Å². The molecule has 7 nitrogen and oxygen atoms in total. The Morgan fingerprint density at radius 1 is 1.07 bits per heavy atom. The lowest BCUT2D eigenvalue weighted by Gasteiger charge is -2.20. The van der Waals surface area contributed by atoms with Crippen LogP contribution in [0.2, 0.25) is 0 Å². The molecule has 0 aliphatic carbocycles. The molecule has 0 heterocycles. The number of nitrogens with one attached hydrogen (secondary N) is 1. The van der Waals surface area contributed by atoms with Crippen molar-refractivity contribution in [2.24, 2.45) is 5.92 Å². The van der Waals surface area contributed by atoms with E-state index >= 15 is 0 Å². The zero-order valence-corrected chi connectivity index (χ0v) is 15.7. The Kier molecular flexibility index (Phi) is 6.28. The molecule has 0 saturated carbocycles. The number of ether oxygens (including phenoxy) is 1. The molecule has 1 amide bonds. The number of esters is 1. The van der Waals surface area contributed by atoms with Crippen molar-refractivity contribution < 1.29 is 19.2 Å². The maximum absolute atomic E-state index is 12.6. The molecule has 1 atom stereocenters. The molecule has 142 valence electrons. The molecule has 2 aromatic rings. The van der Waals surface area contributed by atoms with E-state index in [0.717, 1.165) is 16.7 Å². The van der Waals surface area contributed by atoms with Crippen LogP contribution in [0, 0.1) is 23.0 Å². The first-order chi connectivity index (χ1) is 12.7. The fourth-order valence-electron chi connectivity index (χ4n) is 2.72. The number of rotatable bonds is 6. The van der Waals surface area contributed by atoms with Gasteiger partial charge >= 0.3 is 5.97 Å². The average Bonchev–Trinajstić information content (AvgIpc) is 2.65. The molecule has 0 aliphatic rings. The Balaban J connectivity index is 2.24. The van der Waals surface area contributed by atoms with E-state index in [9.17, 15) is 19.7 Å². The molecule has 2 aromatic carbocycles. The summed E-state index contributed by atoms with van der Waals surface area (Å²) in [6.07, 6.45) is 0. The van der Waals surface area contributed by atoms with Crippen LogP contribution >= 0.6 is 0 Å². The summed E-state index contributed by atoms with van der Waals surface area (Å²) >= 11 is 0. The minimum Gasteiger partial charge on any atom is -0.467 e. The van der Waals surface area contributed by atoms with Gasteiger partial charge in [0.1, 0.15) is 6.04 Å². The number of carbonyl (C=O) groups is 2. The number of amides is 1. The summed E-state index contributed by atoms with van der Waals surface area (Å²) in [5, 5.41) is 13.5. The molecule has 7 heteroatoms. The van der Waals surface area contributed by atoms with Crippen LogP contribution in [-0.4, -0.2) is 30.0 Å². The third kappa shape index (κ3) is 4.69. The van der Waals surface area contributed by atoms with Crippen LogP contribution < -0.4 is 5.32 Å². The average molecular weight is 370 g/mol. The van der Waals surface area contributed by atoms with Crippen LogP contribution in [0.15, 0.2) is 42.5 Å². The van der Waals surface area contributed by atoms with Crippen LogP contribution in [0.5, 0.6) is 0 Å². The summed E-state index contributed by atoms with van der Waals surface area (Å²) in [5.41, 5.74) is 2.86. The number of aryl methyl sites for hydroxylation is 1. The van der Waals surface area contributed by atoms with Crippen molar-refractivity contribution in [3.05, 3.63) is 63.7 Å². The SMILES string of the molecule is COC(=O)[C@@H](NC(=O)c1ccc(-c2ccc([N+](=O)[O-])cc2)cc1C)C(C)C. The molecule has 0 bridgehead atoms. The highest BCUT2D eigenvalue weighted by molar-refractivity contribution is 5.98. The zero-order valence-electron chi connectivity index (χ0n) is 15.7. The van der Waals surface area contributed by atoms with Gasteiger partial charge in [-0.15, -0.1) is 0 Å². The number of nitro benzene ring substituents is 1. The Bertz CT molecular complexity index is 859. The number of hydrogen-bond donors (Lipinski definition) is 1. The van der Waals surface area contributed by atoms with Gasteiger partial charge in [-0.3, -0.25) is 14.9 Å². The van der Waals surface area contributed by atoms with Gasteiger partial charge in [-0.2, -0.15) is 0 Å². The Morgan fingerprint density at radius 2 is 1.67 bits per heavy atom. The topological polar surface area (TPSA) is 98.5 Å². The lowest BCUT2D eigenvalue weighted by atomic mass is 9.98. The molecule has 0 spiro atoms. The second kappa shape index (κ2) is 8.44. The summed E-state index contributed by atoms with van der Waals surface area (Å²) in [5.74, 6) is -0.952. The molecular weight excluding hydrogens is 348 g/mol. The van der Waals surface area contributed by atoms with Gasteiger partial charge in [0, 0.05) is 17.7 Å². The number of carbonyl (C=O) groups excluding carboxylic acids is 2. The third-order valence-corrected chi connectivity index (χ3v) is 4.29. The quantitative estimate of drug-likeness (QED) is 0.477. The molecule has 2 rings (SSSR count). The van der Waals surface area contributed by atoms with E-state index in [2.05, 4.69) is 5.32 Å². The van der Waals surface area contributed by atoms with Crippen molar-refractivity contribution in [3.63, 3.8) is 0 Å². The van der Waals surface area contributed by atoms with Gasteiger partial charge in [-0.05, 0) is 47.7 Å². The monoisotopic (exact) mass is 370 g/mol. The van der Waals surface area contributed by atoms with Gasteiger partial charge in [0.2, 0.25) is 0 Å². The van der Waals surface area contributed by atoms with Gasteiger partial charge in [0.25, 0.3) is 11.6 Å². The van der Waals surface area contributed by atoms with E-state index in [4.69, 9.17) is 4.74 Å². The van der Waals surface area contributed by atoms with Gasteiger partial charge in [0.15, 0.2) is 0 Å². The van der Waals surface area contributed by atoms with Crippen molar-refractivity contribution in [2.75, 3.05) is 7.11 Å². The molecule has 0 fully saturated rings. The van der Waals surface area contributed by atoms with Crippen molar-refractivity contribution in [3.8, 4) is 11.1 Å². The Hall–Kier alpha value is -3.22. The van der Waals surface area contributed by atoms with E-state index in [1.807, 2.05) is 19.9 Å². The van der Waals surface area contributed by atoms with Gasteiger partial charge in [-0.1, -0.05) is 26.0 Å². The highest BCUT2D eigenvalue weighted by Crippen LogP contribution is 2.25. The van der Waals surface area contributed by atoms with Crippen molar-refractivity contribution >= 4 is 17.6 Å². The van der Waals surface area contributed by atoms with Gasteiger partial charge < -0.3 is 10.1 Å². The number of hydrogen-bond acceptors (Lipinski definition) is 5. The van der Waals surface area contributed by atoms with Crippen LogP contribution in [0.4, 0.5) is 5.69 Å². The number of benzene rings is 2. The van der Waals surface area contributed by atoms with Crippen molar-refractivity contribution in [2.45, 2.75) is 26.8 Å². The van der Waals surface area contributed by atoms with Crippen molar-refractivity contribution in [1.82, 2.24) is 5.32 Å². The fraction of sp³-hybridized carbons (Fsp3) is 0.300. The summed E-state index contributed by atoms with van der Waals surface area (Å²) in [6.45, 7) is 5.45. The van der Waals surface area contributed by atoms with E-state index in [1.54, 1.807) is 31.2 Å². The van der Waals surface area contributed by atoms with Crippen LogP contribution in [0.25, 0.3) is 11.1 Å². The maximum atomic E-state index is 12.6. The Morgan fingerprint density at radius 3 is 2.15 bits per heavy atom. The van der Waals surface area contributed by atoms with Crippen molar-refractivity contribution in [1.29, 1.82) is 0 Å². The lowest BCUT2D eigenvalue weighted by Crippen LogP contribution is -2.45. The minimum absolute atomic E-state index is 0.0222. The highest BCUT2D eigenvalue weighted by atomic mass is 16.6. The highest BCUT2D eigenvalue weighted by Gasteiger charge is 2.25. The second-order valence-electron chi connectivity index (χ2n) is 6.55. The molecule has 0 aromatic heterocycles. The molecule has 0 saturated heterocycles. The largest absolute Gasteiger partial charge is 0.467 e. The van der Waals surface area contributed by atoms with Gasteiger partial charge in [0.05, 0.1) is 12.0 Å². The lowest BCUT2D eigenvalue weighted by molar-refractivity contribution is -0.384.